The number of anilines is 1. The molecule has 1 aliphatic heterocycles. The molecule has 34 heavy (non-hydrogen) atoms. The summed E-state index contributed by atoms with van der Waals surface area (Å²) in [5.74, 6) is -1.67. The molecule has 2 heterocycles. The maximum atomic E-state index is 13.0. The highest BCUT2D eigenvalue weighted by Gasteiger charge is 2.37. The lowest BCUT2D eigenvalue weighted by atomic mass is 9.93. The molecule has 0 spiro atoms. The molecule has 1 aliphatic rings. The van der Waals surface area contributed by atoms with Crippen LogP contribution in [0.5, 0.6) is 0 Å². The minimum Gasteiger partial charge on any atom is -0.459 e. The molecule has 174 valence electrons. The van der Waals surface area contributed by atoms with E-state index in [1.165, 1.54) is 35.4 Å². The Morgan fingerprint density at radius 3 is 2.59 bits per heavy atom. The van der Waals surface area contributed by atoms with E-state index < -0.39 is 35.4 Å². The second-order valence-electron chi connectivity index (χ2n) is 7.81. The molecule has 2 aromatic carbocycles. The first-order valence-electron chi connectivity index (χ1n) is 10.5. The molecule has 1 N–H and O–H groups in total. The molecule has 1 atom stereocenters. The van der Waals surface area contributed by atoms with Gasteiger partial charge in [0, 0.05) is 30.8 Å². The van der Waals surface area contributed by atoms with Gasteiger partial charge in [0.2, 0.25) is 0 Å². The monoisotopic (exact) mass is 463 g/mol. The molecule has 0 fully saturated rings. The second-order valence-corrected chi connectivity index (χ2v) is 7.81. The fourth-order valence-corrected chi connectivity index (χ4v) is 3.81. The van der Waals surface area contributed by atoms with Crippen LogP contribution in [0.1, 0.15) is 27.2 Å². The molecule has 0 aliphatic carbocycles. The normalized spacial score (nSPS) is 14.7. The van der Waals surface area contributed by atoms with Gasteiger partial charge in [0.15, 0.2) is 12.4 Å². The summed E-state index contributed by atoms with van der Waals surface area (Å²) in [6.07, 6.45) is 1.62. The van der Waals surface area contributed by atoms with Gasteiger partial charge in [-0.1, -0.05) is 24.3 Å². The van der Waals surface area contributed by atoms with Gasteiger partial charge in [-0.15, -0.1) is 0 Å². The smallest absolute Gasteiger partial charge is 0.329 e. The van der Waals surface area contributed by atoms with Crippen molar-refractivity contribution < 1.29 is 28.5 Å². The van der Waals surface area contributed by atoms with Gasteiger partial charge in [-0.05, 0) is 41.8 Å². The fraction of sp³-hybridized carbons (Fsp3) is 0.208. The number of hydrogen-bond acceptors (Lipinski definition) is 7. The molecule has 0 saturated heterocycles. The fourth-order valence-electron chi connectivity index (χ4n) is 3.81. The van der Waals surface area contributed by atoms with E-state index in [0.29, 0.717) is 11.3 Å². The lowest BCUT2D eigenvalue weighted by Gasteiger charge is -2.34. The molecular weight excluding hydrogens is 442 g/mol. The van der Waals surface area contributed by atoms with Crippen molar-refractivity contribution in [2.45, 2.75) is 25.9 Å². The van der Waals surface area contributed by atoms with Gasteiger partial charge in [-0.2, -0.15) is 0 Å². The molecule has 10 heteroatoms. The Bertz CT molecular complexity index is 1250. The number of nitro benzene ring substituents is 1. The van der Waals surface area contributed by atoms with Crippen LogP contribution in [0.15, 0.2) is 65.3 Å². The second kappa shape index (κ2) is 9.57. The van der Waals surface area contributed by atoms with Crippen LogP contribution in [0.3, 0.4) is 0 Å². The van der Waals surface area contributed by atoms with Crippen LogP contribution >= 0.6 is 0 Å². The van der Waals surface area contributed by atoms with Gasteiger partial charge in [0.1, 0.15) is 6.04 Å². The summed E-state index contributed by atoms with van der Waals surface area (Å²) in [7, 11) is 0. The first-order valence-corrected chi connectivity index (χ1v) is 10.5. The van der Waals surface area contributed by atoms with Gasteiger partial charge in [0.25, 0.3) is 17.5 Å². The number of furan rings is 1. The predicted octanol–water partition coefficient (Wildman–Crippen LogP) is 3.25. The maximum absolute atomic E-state index is 13.0. The zero-order chi connectivity index (χ0) is 24.2. The Balaban J connectivity index is 1.44. The summed E-state index contributed by atoms with van der Waals surface area (Å²) >= 11 is 0. The standard InChI is InChI=1S/C24H21N3O7/c1-15-11-18(27(31)32)8-9-19(15)25-22(28)14-34-24(30)20-12-16-5-2-3-6-17(16)13-26(20)23(29)21-7-4-10-33-21/h2-11,20H,12-14H2,1H3,(H,25,28)/t20-/m0/s1. The number of nitrogens with one attached hydrogen (secondary N) is 1. The summed E-state index contributed by atoms with van der Waals surface area (Å²) in [5.41, 5.74) is 2.60. The summed E-state index contributed by atoms with van der Waals surface area (Å²) < 4.78 is 10.5. The molecule has 0 saturated carbocycles. The summed E-state index contributed by atoms with van der Waals surface area (Å²) in [6.45, 7) is 1.24. The minimum absolute atomic E-state index is 0.0965. The molecule has 0 bridgehead atoms. The quantitative estimate of drug-likeness (QED) is 0.337. The number of rotatable bonds is 6. The number of carbonyl (C=O) groups is 3. The van der Waals surface area contributed by atoms with Gasteiger partial charge in [-0.25, -0.2) is 4.79 Å². The number of esters is 1. The van der Waals surface area contributed by atoms with Crippen LogP contribution in [0.4, 0.5) is 11.4 Å². The lowest BCUT2D eigenvalue weighted by molar-refractivity contribution is -0.384. The third kappa shape index (κ3) is 4.80. The molecule has 4 rings (SSSR count). The highest BCUT2D eigenvalue weighted by atomic mass is 16.6. The average molecular weight is 463 g/mol. The van der Waals surface area contributed by atoms with E-state index in [4.69, 9.17) is 9.15 Å². The van der Waals surface area contributed by atoms with Crippen molar-refractivity contribution in [1.82, 2.24) is 4.90 Å². The first kappa shape index (κ1) is 22.7. The Hall–Kier alpha value is -4.47. The number of hydrogen-bond donors (Lipinski definition) is 1. The number of non-ortho nitro benzene ring substituents is 1. The largest absolute Gasteiger partial charge is 0.459 e. The number of carbonyl (C=O) groups excluding carboxylic acids is 3. The van der Waals surface area contributed by atoms with Crippen LogP contribution in [0.25, 0.3) is 0 Å². The Labute approximate surface area is 194 Å². The van der Waals surface area contributed by atoms with Crippen LogP contribution < -0.4 is 5.32 Å². The van der Waals surface area contributed by atoms with Gasteiger partial charge >= 0.3 is 5.97 Å². The number of nitrogens with zero attached hydrogens (tertiary/aromatic N) is 2. The Morgan fingerprint density at radius 2 is 1.91 bits per heavy atom. The van der Waals surface area contributed by atoms with E-state index in [9.17, 15) is 24.5 Å². The molecule has 3 aromatic rings. The van der Waals surface area contributed by atoms with Crippen LogP contribution in [-0.2, 0) is 27.3 Å². The highest BCUT2D eigenvalue weighted by molar-refractivity contribution is 5.96. The highest BCUT2D eigenvalue weighted by Crippen LogP contribution is 2.26. The number of nitro groups is 1. The minimum atomic E-state index is -0.929. The first-order chi connectivity index (χ1) is 16.3. The van der Waals surface area contributed by atoms with Crippen LogP contribution in [-0.4, -0.2) is 40.3 Å². The average Bonchev–Trinajstić information content (AvgIpc) is 3.37. The molecule has 0 radical (unpaired) electrons. The van der Waals surface area contributed by atoms with E-state index in [0.717, 1.165) is 11.1 Å². The zero-order valence-electron chi connectivity index (χ0n) is 18.2. The van der Waals surface area contributed by atoms with Crippen molar-refractivity contribution in [3.63, 3.8) is 0 Å². The molecule has 2 amide bonds. The van der Waals surface area contributed by atoms with Crippen LogP contribution in [0.2, 0.25) is 0 Å². The van der Waals surface area contributed by atoms with Gasteiger partial charge < -0.3 is 19.4 Å². The summed E-state index contributed by atoms with van der Waals surface area (Å²) in [4.78, 5) is 50.0. The van der Waals surface area contributed by atoms with Crippen molar-refractivity contribution in [2.24, 2.45) is 0 Å². The number of ether oxygens (including phenoxy) is 1. The lowest BCUT2D eigenvalue weighted by Crippen LogP contribution is -2.49. The van der Waals surface area contributed by atoms with Crippen molar-refractivity contribution in [1.29, 1.82) is 0 Å². The Morgan fingerprint density at radius 1 is 1.15 bits per heavy atom. The molecule has 10 nitrogen and oxygen atoms in total. The van der Waals surface area contributed by atoms with E-state index in [2.05, 4.69) is 5.32 Å². The topological polar surface area (TPSA) is 132 Å². The van der Waals surface area contributed by atoms with E-state index in [1.807, 2.05) is 24.3 Å². The van der Waals surface area contributed by atoms with Crippen molar-refractivity contribution in [2.75, 3.05) is 11.9 Å². The number of amides is 2. The van der Waals surface area contributed by atoms with Crippen molar-refractivity contribution in [3.8, 4) is 0 Å². The van der Waals surface area contributed by atoms with E-state index >= 15 is 0 Å². The van der Waals surface area contributed by atoms with E-state index in [1.54, 1.807) is 13.0 Å². The Kier molecular flexibility index (Phi) is 6.39. The molecular formula is C24H21N3O7. The maximum Gasteiger partial charge on any atom is 0.329 e. The number of benzene rings is 2. The number of fused-ring (bicyclic) bond motifs is 1. The predicted molar refractivity (Wildman–Crippen MR) is 120 cm³/mol. The van der Waals surface area contributed by atoms with Crippen molar-refractivity contribution >= 4 is 29.2 Å². The van der Waals surface area contributed by atoms with Gasteiger partial charge in [0.05, 0.1) is 11.2 Å². The van der Waals surface area contributed by atoms with E-state index in [-0.39, 0.29) is 24.4 Å². The summed E-state index contributed by atoms with van der Waals surface area (Å²) in [5, 5.41) is 13.4. The third-order valence-electron chi connectivity index (χ3n) is 5.55. The number of aryl methyl sites for hydroxylation is 1. The van der Waals surface area contributed by atoms with Crippen molar-refractivity contribution in [3.05, 3.63) is 93.4 Å². The molecule has 0 unspecified atom stereocenters. The molecule has 1 aromatic heterocycles. The summed E-state index contributed by atoms with van der Waals surface area (Å²) in [6, 6.07) is 13.7. The SMILES string of the molecule is Cc1cc([N+](=O)[O-])ccc1NC(=O)COC(=O)[C@@H]1Cc2ccccc2CN1C(=O)c1ccco1. The third-order valence-corrected chi connectivity index (χ3v) is 5.55. The van der Waals surface area contributed by atoms with Gasteiger partial charge in [-0.3, -0.25) is 19.7 Å². The van der Waals surface area contributed by atoms with Crippen LogP contribution in [0, 0.1) is 17.0 Å². The zero-order valence-corrected chi connectivity index (χ0v) is 18.2.